The molecule has 1 unspecified atom stereocenters. The van der Waals surface area contributed by atoms with Crippen molar-refractivity contribution in [3.8, 4) is 0 Å². The van der Waals surface area contributed by atoms with Crippen LogP contribution < -0.4 is 0 Å². The fourth-order valence-electron chi connectivity index (χ4n) is 2.06. The van der Waals surface area contributed by atoms with Gasteiger partial charge in [0.25, 0.3) is 0 Å². The van der Waals surface area contributed by atoms with Crippen molar-refractivity contribution in [1.82, 2.24) is 0 Å². The van der Waals surface area contributed by atoms with Crippen molar-refractivity contribution < 1.29 is 0 Å². The summed E-state index contributed by atoms with van der Waals surface area (Å²) in [6.07, 6.45) is 1.17. The zero-order chi connectivity index (χ0) is 11.5. The Morgan fingerprint density at radius 1 is 1.00 bits per heavy atom. The van der Waals surface area contributed by atoms with Crippen LogP contribution in [0.5, 0.6) is 0 Å². The van der Waals surface area contributed by atoms with E-state index in [1.165, 1.54) is 22.8 Å². The predicted octanol–water partition coefficient (Wildman–Crippen LogP) is 5.32. The zero-order valence-corrected chi connectivity index (χ0v) is 11.4. The molecule has 0 radical (unpaired) electrons. The molecule has 2 aromatic rings. The molecule has 0 aliphatic carbocycles. The topological polar surface area (TPSA) is 0 Å². The molecule has 1 atom stereocenters. The molecule has 0 bridgehead atoms. The largest absolute Gasteiger partial charge is 0.0838 e. The average molecular weight is 277 g/mol. The standard InChI is InChI=1S/C15H17Br/c1-11(2)10-15(16)14-9-5-7-12-6-3-4-8-13(12)14/h3-9,11,15H,10H2,1-2H3. The van der Waals surface area contributed by atoms with Crippen molar-refractivity contribution >= 4 is 26.7 Å². The summed E-state index contributed by atoms with van der Waals surface area (Å²) in [5, 5.41) is 2.70. The molecule has 0 saturated carbocycles. The van der Waals surface area contributed by atoms with Crippen LogP contribution in [-0.4, -0.2) is 0 Å². The van der Waals surface area contributed by atoms with E-state index in [1.807, 2.05) is 0 Å². The number of hydrogen-bond acceptors (Lipinski definition) is 0. The normalized spacial score (nSPS) is 13.2. The van der Waals surface area contributed by atoms with Gasteiger partial charge in [0.1, 0.15) is 0 Å². The van der Waals surface area contributed by atoms with Gasteiger partial charge in [-0.05, 0) is 28.7 Å². The van der Waals surface area contributed by atoms with Crippen LogP contribution in [0.4, 0.5) is 0 Å². The number of rotatable bonds is 3. The van der Waals surface area contributed by atoms with Crippen LogP contribution >= 0.6 is 15.9 Å². The Hall–Kier alpha value is -0.820. The molecule has 0 spiro atoms. The van der Waals surface area contributed by atoms with E-state index in [9.17, 15) is 0 Å². The molecule has 0 N–H and O–H groups in total. The average Bonchev–Trinajstić information content (AvgIpc) is 2.27. The molecule has 84 valence electrons. The van der Waals surface area contributed by atoms with Crippen LogP contribution in [0.1, 0.15) is 30.7 Å². The third kappa shape index (κ3) is 2.46. The van der Waals surface area contributed by atoms with Gasteiger partial charge in [-0.25, -0.2) is 0 Å². The van der Waals surface area contributed by atoms with E-state index >= 15 is 0 Å². The van der Waals surface area contributed by atoms with Crippen molar-refractivity contribution in [1.29, 1.82) is 0 Å². The fraction of sp³-hybridized carbons (Fsp3) is 0.333. The van der Waals surface area contributed by atoms with Gasteiger partial charge >= 0.3 is 0 Å². The maximum atomic E-state index is 3.81. The van der Waals surface area contributed by atoms with E-state index in [-0.39, 0.29) is 0 Å². The Labute approximate surface area is 106 Å². The highest BCUT2D eigenvalue weighted by atomic mass is 79.9. The molecular formula is C15H17Br. The van der Waals surface area contributed by atoms with Gasteiger partial charge in [0, 0.05) is 4.83 Å². The lowest BCUT2D eigenvalue weighted by Gasteiger charge is -2.15. The third-order valence-corrected chi connectivity index (χ3v) is 3.71. The fourth-order valence-corrected chi connectivity index (χ4v) is 3.21. The first-order chi connectivity index (χ1) is 7.68. The summed E-state index contributed by atoms with van der Waals surface area (Å²) in [5.74, 6) is 0.711. The van der Waals surface area contributed by atoms with Crippen molar-refractivity contribution in [2.24, 2.45) is 5.92 Å². The molecular weight excluding hydrogens is 260 g/mol. The summed E-state index contributed by atoms with van der Waals surface area (Å²) in [7, 11) is 0. The minimum Gasteiger partial charge on any atom is -0.0838 e. The summed E-state index contributed by atoms with van der Waals surface area (Å²) in [6.45, 7) is 4.53. The summed E-state index contributed by atoms with van der Waals surface area (Å²) in [6, 6.07) is 15.1. The Morgan fingerprint density at radius 3 is 2.44 bits per heavy atom. The van der Waals surface area contributed by atoms with Crippen molar-refractivity contribution in [2.45, 2.75) is 25.1 Å². The van der Waals surface area contributed by atoms with E-state index in [2.05, 4.69) is 72.2 Å². The summed E-state index contributed by atoms with van der Waals surface area (Å²) < 4.78 is 0. The second kappa shape index (κ2) is 5.01. The van der Waals surface area contributed by atoms with Crippen molar-refractivity contribution in [3.05, 3.63) is 48.0 Å². The smallest absolute Gasteiger partial charge is 0.0403 e. The molecule has 16 heavy (non-hydrogen) atoms. The molecule has 1 heteroatoms. The van der Waals surface area contributed by atoms with Gasteiger partial charge in [0.05, 0.1) is 0 Å². The number of benzene rings is 2. The zero-order valence-electron chi connectivity index (χ0n) is 9.78. The number of hydrogen-bond donors (Lipinski definition) is 0. The lowest BCUT2D eigenvalue weighted by molar-refractivity contribution is 0.585. The molecule has 0 saturated heterocycles. The van der Waals surface area contributed by atoms with E-state index in [0.717, 1.165) is 0 Å². The Bertz CT molecular complexity index is 468. The molecule has 2 aromatic carbocycles. The van der Waals surface area contributed by atoms with Crippen LogP contribution in [0.3, 0.4) is 0 Å². The Kier molecular flexibility index (Phi) is 3.65. The van der Waals surface area contributed by atoms with Crippen LogP contribution in [0.15, 0.2) is 42.5 Å². The van der Waals surface area contributed by atoms with Gasteiger partial charge in [-0.2, -0.15) is 0 Å². The van der Waals surface area contributed by atoms with Crippen LogP contribution in [0.25, 0.3) is 10.8 Å². The number of halogens is 1. The third-order valence-electron chi connectivity index (χ3n) is 2.84. The lowest BCUT2D eigenvalue weighted by atomic mass is 9.97. The van der Waals surface area contributed by atoms with E-state index in [1.54, 1.807) is 0 Å². The Balaban J connectivity index is 2.44. The summed E-state index contributed by atoms with van der Waals surface area (Å²) >= 11 is 3.81. The Morgan fingerprint density at radius 2 is 1.69 bits per heavy atom. The molecule has 0 amide bonds. The molecule has 0 aliphatic heterocycles. The van der Waals surface area contributed by atoms with E-state index in [4.69, 9.17) is 0 Å². The van der Waals surface area contributed by atoms with Crippen molar-refractivity contribution in [3.63, 3.8) is 0 Å². The molecule has 2 rings (SSSR count). The monoisotopic (exact) mass is 276 g/mol. The van der Waals surface area contributed by atoms with Gasteiger partial charge in [-0.15, -0.1) is 0 Å². The molecule has 0 heterocycles. The van der Waals surface area contributed by atoms with Crippen LogP contribution in [0, 0.1) is 5.92 Å². The molecule has 0 nitrogen and oxygen atoms in total. The van der Waals surface area contributed by atoms with Gasteiger partial charge in [-0.3, -0.25) is 0 Å². The van der Waals surface area contributed by atoms with Gasteiger partial charge in [-0.1, -0.05) is 72.2 Å². The first kappa shape index (κ1) is 11.7. The van der Waals surface area contributed by atoms with Gasteiger partial charge in [0.15, 0.2) is 0 Å². The molecule has 0 fully saturated rings. The maximum absolute atomic E-state index is 3.81. The van der Waals surface area contributed by atoms with Crippen LogP contribution in [-0.2, 0) is 0 Å². The van der Waals surface area contributed by atoms with Gasteiger partial charge in [0.2, 0.25) is 0 Å². The van der Waals surface area contributed by atoms with Gasteiger partial charge < -0.3 is 0 Å². The van der Waals surface area contributed by atoms with E-state index < -0.39 is 0 Å². The predicted molar refractivity (Wildman–Crippen MR) is 75.1 cm³/mol. The first-order valence-electron chi connectivity index (χ1n) is 5.80. The second-order valence-electron chi connectivity index (χ2n) is 4.67. The minimum absolute atomic E-state index is 0.457. The van der Waals surface area contributed by atoms with Crippen LogP contribution in [0.2, 0.25) is 0 Å². The quantitative estimate of drug-likeness (QED) is 0.666. The number of alkyl halides is 1. The number of fused-ring (bicyclic) bond motifs is 1. The highest BCUT2D eigenvalue weighted by molar-refractivity contribution is 9.09. The first-order valence-corrected chi connectivity index (χ1v) is 6.72. The highest BCUT2D eigenvalue weighted by Gasteiger charge is 2.11. The summed E-state index contributed by atoms with van der Waals surface area (Å²) in [4.78, 5) is 0.457. The maximum Gasteiger partial charge on any atom is 0.0403 e. The lowest BCUT2D eigenvalue weighted by Crippen LogP contribution is -1.96. The second-order valence-corrected chi connectivity index (χ2v) is 5.77. The SMILES string of the molecule is CC(C)CC(Br)c1cccc2ccccc12. The van der Waals surface area contributed by atoms with Crippen molar-refractivity contribution in [2.75, 3.05) is 0 Å². The summed E-state index contributed by atoms with van der Waals surface area (Å²) in [5.41, 5.74) is 1.41. The highest BCUT2D eigenvalue weighted by Crippen LogP contribution is 2.34. The minimum atomic E-state index is 0.457. The molecule has 0 aromatic heterocycles. The molecule has 0 aliphatic rings. The van der Waals surface area contributed by atoms with E-state index in [0.29, 0.717) is 10.7 Å².